The number of carbonyl (C=O) groups is 2. The van der Waals surface area contributed by atoms with E-state index in [2.05, 4.69) is 0 Å². The van der Waals surface area contributed by atoms with E-state index < -0.39 is 5.97 Å². The van der Waals surface area contributed by atoms with Crippen molar-refractivity contribution >= 4 is 11.8 Å². The first kappa shape index (κ1) is 13.2. The minimum atomic E-state index is -0.472. The largest absolute Gasteiger partial charge is 0.497 e. The van der Waals surface area contributed by atoms with Gasteiger partial charge in [-0.1, -0.05) is 12.1 Å². The highest BCUT2D eigenvalue weighted by molar-refractivity contribution is 5.96. The van der Waals surface area contributed by atoms with Gasteiger partial charge in [0.2, 0.25) is 0 Å². The average molecular weight is 236 g/mol. The molecule has 0 bridgehead atoms. The van der Waals surface area contributed by atoms with Gasteiger partial charge in [0.05, 0.1) is 13.7 Å². The molecule has 0 aliphatic carbocycles. The van der Waals surface area contributed by atoms with Gasteiger partial charge in [-0.2, -0.15) is 0 Å². The van der Waals surface area contributed by atoms with Crippen LogP contribution < -0.4 is 4.74 Å². The van der Waals surface area contributed by atoms with Crippen molar-refractivity contribution in [1.82, 2.24) is 0 Å². The molecule has 0 aromatic heterocycles. The van der Waals surface area contributed by atoms with Crippen LogP contribution in [0.3, 0.4) is 0 Å². The second-order valence-corrected chi connectivity index (χ2v) is 3.55. The van der Waals surface area contributed by atoms with Crippen molar-refractivity contribution in [2.75, 3.05) is 13.7 Å². The van der Waals surface area contributed by atoms with Gasteiger partial charge in [-0.15, -0.1) is 0 Å². The Bertz CT molecular complexity index is 398. The topological polar surface area (TPSA) is 52.6 Å². The Balaban J connectivity index is 2.52. The average Bonchev–Trinajstić information content (AvgIpc) is 2.29. The standard InChI is InChI=1S/C13H16O4/c1-3-17-13(15)9-11(14)7-10-5-4-6-12(8-10)16-2/h4-6,8H,3,7,9H2,1-2H3. The third kappa shape index (κ3) is 4.68. The summed E-state index contributed by atoms with van der Waals surface area (Å²) in [4.78, 5) is 22.7. The Morgan fingerprint density at radius 3 is 2.71 bits per heavy atom. The van der Waals surface area contributed by atoms with Crippen LogP contribution in [0.15, 0.2) is 24.3 Å². The van der Waals surface area contributed by atoms with Crippen molar-refractivity contribution in [2.24, 2.45) is 0 Å². The number of methoxy groups -OCH3 is 1. The second kappa shape index (κ2) is 6.68. The van der Waals surface area contributed by atoms with Crippen molar-refractivity contribution in [3.63, 3.8) is 0 Å². The lowest BCUT2D eigenvalue weighted by Crippen LogP contribution is -2.12. The molecular formula is C13H16O4. The summed E-state index contributed by atoms with van der Waals surface area (Å²) in [5.41, 5.74) is 0.832. The third-order valence-corrected chi connectivity index (χ3v) is 2.18. The lowest BCUT2D eigenvalue weighted by Gasteiger charge is -2.04. The highest BCUT2D eigenvalue weighted by Crippen LogP contribution is 2.13. The quantitative estimate of drug-likeness (QED) is 0.558. The molecule has 0 spiro atoms. The van der Waals surface area contributed by atoms with E-state index in [1.165, 1.54) is 0 Å². The van der Waals surface area contributed by atoms with Crippen molar-refractivity contribution in [1.29, 1.82) is 0 Å². The maximum atomic E-state index is 11.6. The minimum absolute atomic E-state index is 0.156. The van der Waals surface area contributed by atoms with Crippen molar-refractivity contribution in [2.45, 2.75) is 19.8 Å². The summed E-state index contributed by atoms with van der Waals surface area (Å²) in [5.74, 6) is 0.0727. The first-order chi connectivity index (χ1) is 8.15. The van der Waals surface area contributed by atoms with E-state index in [0.29, 0.717) is 12.4 Å². The monoisotopic (exact) mass is 236 g/mol. The first-order valence-corrected chi connectivity index (χ1v) is 5.46. The summed E-state index contributed by atoms with van der Waals surface area (Å²) in [6, 6.07) is 7.22. The SMILES string of the molecule is CCOC(=O)CC(=O)Cc1cccc(OC)c1. The normalized spacial score (nSPS) is 9.76. The molecule has 0 heterocycles. The summed E-state index contributed by atoms with van der Waals surface area (Å²) >= 11 is 0. The fourth-order valence-electron chi connectivity index (χ4n) is 1.45. The Morgan fingerprint density at radius 2 is 2.06 bits per heavy atom. The van der Waals surface area contributed by atoms with Crippen molar-refractivity contribution < 1.29 is 19.1 Å². The van der Waals surface area contributed by atoms with Gasteiger partial charge in [0, 0.05) is 6.42 Å². The summed E-state index contributed by atoms with van der Waals surface area (Å²) in [6.45, 7) is 2.01. The van der Waals surface area contributed by atoms with E-state index in [0.717, 1.165) is 5.56 Å². The zero-order valence-corrected chi connectivity index (χ0v) is 10.1. The Kier molecular flexibility index (Phi) is 5.20. The number of Topliss-reactive ketones (excluding diaryl/α,β-unsaturated/α-hetero) is 1. The first-order valence-electron chi connectivity index (χ1n) is 5.46. The number of esters is 1. The summed E-state index contributed by atoms with van der Waals surface area (Å²) in [5, 5.41) is 0. The van der Waals surface area contributed by atoms with Crippen LogP contribution in [0.5, 0.6) is 5.75 Å². The van der Waals surface area contributed by atoms with Crippen LogP contribution in [0, 0.1) is 0 Å². The van der Waals surface area contributed by atoms with Gasteiger partial charge in [0.1, 0.15) is 18.0 Å². The van der Waals surface area contributed by atoms with Crippen LogP contribution in [-0.2, 0) is 20.7 Å². The number of carbonyl (C=O) groups excluding carboxylic acids is 2. The molecule has 0 fully saturated rings. The Hall–Kier alpha value is -1.84. The van der Waals surface area contributed by atoms with Gasteiger partial charge in [-0.05, 0) is 24.6 Å². The van der Waals surface area contributed by atoms with Crippen LogP contribution in [-0.4, -0.2) is 25.5 Å². The molecule has 1 aromatic rings. The lowest BCUT2D eigenvalue weighted by atomic mass is 10.1. The molecule has 0 N–H and O–H groups in total. The van der Waals surface area contributed by atoms with Crippen LogP contribution in [0.1, 0.15) is 18.9 Å². The zero-order chi connectivity index (χ0) is 12.7. The molecule has 4 nitrogen and oxygen atoms in total. The fraction of sp³-hybridized carbons (Fsp3) is 0.385. The molecule has 0 aliphatic heterocycles. The van der Waals surface area contributed by atoms with Crippen LogP contribution in [0.2, 0.25) is 0 Å². The summed E-state index contributed by atoms with van der Waals surface area (Å²) in [6.07, 6.45) is 0.0427. The molecule has 17 heavy (non-hydrogen) atoms. The van der Waals surface area contributed by atoms with E-state index in [9.17, 15) is 9.59 Å². The molecule has 92 valence electrons. The molecule has 1 aromatic carbocycles. The molecule has 0 aliphatic rings. The number of ketones is 1. The van der Waals surface area contributed by atoms with Gasteiger partial charge in [-0.25, -0.2) is 0 Å². The Labute approximate surface area is 101 Å². The molecule has 4 heteroatoms. The van der Waals surface area contributed by atoms with E-state index in [-0.39, 0.29) is 18.6 Å². The van der Waals surface area contributed by atoms with Crippen LogP contribution >= 0.6 is 0 Å². The number of rotatable bonds is 6. The van der Waals surface area contributed by atoms with E-state index in [1.807, 2.05) is 12.1 Å². The molecule has 0 radical (unpaired) electrons. The predicted molar refractivity (Wildman–Crippen MR) is 63.0 cm³/mol. The van der Waals surface area contributed by atoms with E-state index in [1.54, 1.807) is 26.2 Å². The van der Waals surface area contributed by atoms with Crippen molar-refractivity contribution in [3.05, 3.63) is 29.8 Å². The molecular weight excluding hydrogens is 220 g/mol. The molecule has 0 amide bonds. The molecule has 1 rings (SSSR count). The van der Waals surface area contributed by atoms with Crippen molar-refractivity contribution in [3.8, 4) is 5.75 Å². The maximum absolute atomic E-state index is 11.6. The van der Waals surface area contributed by atoms with Crippen LogP contribution in [0.4, 0.5) is 0 Å². The van der Waals surface area contributed by atoms with Gasteiger partial charge < -0.3 is 9.47 Å². The highest BCUT2D eigenvalue weighted by atomic mass is 16.5. The molecule has 0 saturated heterocycles. The number of hydrogen-bond acceptors (Lipinski definition) is 4. The lowest BCUT2D eigenvalue weighted by molar-refractivity contribution is -0.145. The third-order valence-electron chi connectivity index (χ3n) is 2.18. The number of ether oxygens (including phenoxy) is 2. The zero-order valence-electron chi connectivity index (χ0n) is 10.1. The molecule has 0 saturated carbocycles. The van der Waals surface area contributed by atoms with Gasteiger partial charge in [0.15, 0.2) is 0 Å². The summed E-state index contributed by atoms with van der Waals surface area (Å²) < 4.78 is 9.76. The smallest absolute Gasteiger partial charge is 0.313 e. The second-order valence-electron chi connectivity index (χ2n) is 3.55. The molecule has 0 unspecified atom stereocenters. The van der Waals surface area contributed by atoms with Gasteiger partial charge in [-0.3, -0.25) is 9.59 Å². The molecule has 0 atom stereocenters. The minimum Gasteiger partial charge on any atom is -0.497 e. The van der Waals surface area contributed by atoms with Crippen LogP contribution in [0.25, 0.3) is 0 Å². The predicted octanol–water partition coefficient (Wildman–Crippen LogP) is 1.76. The maximum Gasteiger partial charge on any atom is 0.313 e. The van der Waals surface area contributed by atoms with E-state index >= 15 is 0 Å². The number of hydrogen-bond donors (Lipinski definition) is 0. The van der Waals surface area contributed by atoms with E-state index in [4.69, 9.17) is 9.47 Å². The summed E-state index contributed by atoms with van der Waals surface area (Å²) in [7, 11) is 1.57. The number of benzene rings is 1. The fourth-order valence-corrected chi connectivity index (χ4v) is 1.45. The Morgan fingerprint density at radius 1 is 1.29 bits per heavy atom. The van der Waals surface area contributed by atoms with Gasteiger partial charge in [0.25, 0.3) is 0 Å². The highest BCUT2D eigenvalue weighted by Gasteiger charge is 2.11. The van der Waals surface area contributed by atoms with Gasteiger partial charge >= 0.3 is 5.97 Å².